The summed E-state index contributed by atoms with van der Waals surface area (Å²) in [6.07, 6.45) is 3.30. The highest BCUT2D eigenvalue weighted by molar-refractivity contribution is 5.88. The van der Waals surface area contributed by atoms with Gasteiger partial charge in [-0.15, -0.1) is 15.0 Å². The van der Waals surface area contributed by atoms with E-state index in [2.05, 4.69) is 22.3 Å². The van der Waals surface area contributed by atoms with Gasteiger partial charge in [0, 0.05) is 18.9 Å². The summed E-state index contributed by atoms with van der Waals surface area (Å²) in [5, 5.41) is 34.2. The van der Waals surface area contributed by atoms with E-state index >= 15 is 0 Å². The second-order valence-corrected chi connectivity index (χ2v) is 12.4. The minimum absolute atomic E-state index is 0.0959. The van der Waals surface area contributed by atoms with E-state index in [0.717, 1.165) is 32.1 Å². The quantitative estimate of drug-likeness (QED) is 0.286. The van der Waals surface area contributed by atoms with Crippen molar-refractivity contribution in [3.63, 3.8) is 0 Å². The van der Waals surface area contributed by atoms with Crippen LogP contribution in [0, 0.1) is 17.3 Å². The number of esters is 1. The van der Waals surface area contributed by atoms with Crippen LogP contribution >= 0.6 is 0 Å². The number of nitrogens with zero attached hydrogens (tertiary/aromatic N) is 4. The highest BCUT2D eigenvalue weighted by Crippen LogP contribution is 2.45. The fraction of sp³-hybridized carbons (Fsp3) is 0.828. The molecule has 0 unspecified atom stereocenters. The van der Waals surface area contributed by atoms with E-state index in [1.54, 1.807) is 26.8 Å². The Hall–Kier alpha value is -2.21. The van der Waals surface area contributed by atoms with Crippen LogP contribution in [0.1, 0.15) is 99.2 Å². The number of rotatable bonds is 7. The number of tetrazole rings is 1. The van der Waals surface area contributed by atoms with Crippen molar-refractivity contribution in [3.05, 3.63) is 11.4 Å². The topological polar surface area (TPSA) is 149 Å². The van der Waals surface area contributed by atoms with E-state index in [9.17, 15) is 19.8 Å². The van der Waals surface area contributed by atoms with Crippen LogP contribution in [0.4, 0.5) is 0 Å². The molecule has 2 N–H and O–H groups in total. The predicted molar refractivity (Wildman–Crippen MR) is 148 cm³/mol. The molecule has 226 valence electrons. The normalized spacial score (nSPS) is 34.3. The average molecular weight is 565 g/mol. The summed E-state index contributed by atoms with van der Waals surface area (Å²) in [6, 6.07) is 0. The number of epoxide rings is 1. The first-order chi connectivity index (χ1) is 18.8. The number of fused-ring (bicyclic) bond motifs is 1. The number of ether oxygens (including phenoxy) is 3. The van der Waals surface area contributed by atoms with E-state index in [1.165, 1.54) is 4.80 Å². The molecule has 2 aliphatic rings. The molecule has 0 radical (unpaired) electrons. The third-order valence-corrected chi connectivity index (χ3v) is 8.59. The van der Waals surface area contributed by atoms with Crippen LogP contribution in [0.25, 0.3) is 6.08 Å². The second-order valence-electron chi connectivity index (χ2n) is 12.4. The zero-order valence-corrected chi connectivity index (χ0v) is 25.1. The molecule has 2 saturated heterocycles. The molecule has 0 spiro atoms. The number of carbonyl (C=O) groups is 2. The summed E-state index contributed by atoms with van der Waals surface area (Å²) in [6.45, 7) is 13.6. The largest absolute Gasteiger partial charge is 0.458 e. The highest BCUT2D eigenvalue weighted by atomic mass is 16.6. The molecule has 0 amide bonds. The van der Waals surface area contributed by atoms with E-state index in [-0.39, 0.29) is 36.6 Å². The lowest BCUT2D eigenvalue weighted by Gasteiger charge is -2.34. The lowest BCUT2D eigenvalue weighted by Crippen LogP contribution is -2.45. The van der Waals surface area contributed by atoms with Crippen LogP contribution < -0.4 is 0 Å². The number of hydrogen-bond donors (Lipinski definition) is 2. The Kier molecular flexibility index (Phi) is 11.0. The number of carbonyl (C=O) groups excluding carboxylic acids is 2. The summed E-state index contributed by atoms with van der Waals surface area (Å²) in [7, 11) is 0. The van der Waals surface area contributed by atoms with Gasteiger partial charge in [0.05, 0.1) is 35.7 Å². The Morgan fingerprint density at radius 1 is 1.23 bits per heavy atom. The van der Waals surface area contributed by atoms with E-state index in [4.69, 9.17) is 14.2 Å². The number of aromatic nitrogens is 4. The fourth-order valence-corrected chi connectivity index (χ4v) is 5.35. The van der Waals surface area contributed by atoms with Gasteiger partial charge < -0.3 is 24.4 Å². The third kappa shape index (κ3) is 8.18. The van der Waals surface area contributed by atoms with Gasteiger partial charge in [-0.25, -0.2) is 0 Å². The molecule has 11 heteroatoms. The van der Waals surface area contributed by atoms with Gasteiger partial charge in [-0.1, -0.05) is 47.5 Å². The number of unbranched alkanes of at least 4 members (excludes halogenated alkanes) is 1. The maximum Gasteiger partial charge on any atom is 0.309 e. The van der Waals surface area contributed by atoms with Crippen molar-refractivity contribution >= 4 is 17.8 Å². The van der Waals surface area contributed by atoms with Crippen LogP contribution in [0.3, 0.4) is 0 Å². The Morgan fingerprint density at radius 2 is 1.95 bits per heavy atom. The molecule has 0 aliphatic carbocycles. The zero-order chi connectivity index (χ0) is 29.7. The van der Waals surface area contributed by atoms with Gasteiger partial charge in [0.15, 0.2) is 12.6 Å². The first-order valence-corrected chi connectivity index (χ1v) is 14.6. The SMILES string of the molecule is CCCCOCn1nnc(/C=C(\C)[C@@H]2C[C@@H]3O[C@]3(C)CCC[C@H](C)[C@H](O)[C@@H](C)C(=O)C(C)(C)[C@@H](O)CC(=O)O2)n1. The standard InChI is InChI=1S/C29H48N4O7/c1-8-9-13-38-17-33-31-24(30-32-33)14-19(3)21-15-23-29(7,40-23)12-10-11-18(2)26(36)20(4)27(37)28(5,6)22(34)16-25(35)39-21/h14,18,20-23,26,34,36H,8-13,15-17H2,1-7H3/b19-14+/t18-,20+,21-,22-,23-,26-,29+/m0/s1. The number of cyclic esters (lactones) is 1. The summed E-state index contributed by atoms with van der Waals surface area (Å²) >= 11 is 0. The smallest absolute Gasteiger partial charge is 0.309 e. The average Bonchev–Trinajstić information content (AvgIpc) is 3.31. The second kappa shape index (κ2) is 13.6. The molecule has 3 rings (SSSR count). The minimum Gasteiger partial charge on any atom is -0.458 e. The van der Waals surface area contributed by atoms with E-state index in [0.29, 0.717) is 24.4 Å². The number of ketones is 1. The van der Waals surface area contributed by atoms with E-state index < -0.39 is 35.6 Å². The number of hydrogen-bond acceptors (Lipinski definition) is 10. The summed E-state index contributed by atoms with van der Waals surface area (Å²) in [5.74, 6) is -1.31. The maximum atomic E-state index is 13.3. The molecule has 3 heterocycles. The summed E-state index contributed by atoms with van der Waals surface area (Å²) in [4.78, 5) is 27.7. The Labute approximate surface area is 237 Å². The van der Waals surface area contributed by atoms with Gasteiger partial charge in [0.1, 0.15) is 11.9 Å². The number of aliphatic hydroxyl groups excluding tert-OH is 2. The van der Waals surface area contributed by atoms with Gasteiger partial charge in [0.2, 0.25) is 0 Å². The number of Topliss-reactive ketones (excluding diaryl/α,β-unsaturated/α-hetero) is 1. The molecule has 40 heavy (non-hydrogen) atoms. The lowest BCUT2D eigenvalue weighted by molar-refractivity contribution is -0.154. The van der Waals surface area contributed by atoms with Crippen molar-refractivity contribution in [1.82, 2.24) is 20.2 Å². The predicted octanol–water partition coefficient (Wildman–Crippen LogP) is 3.47. The first-order valence-electron chi connectivity index (χ1n) is 14.6. The van der Waals surface area contributed by atoms with Gasteiger partial charge in [-0.05, 0) is 55.9 Å². The molecule has 0 aromatic carbocycles. The van der Waals surface area contributed by atoms with Crippen LogP contribution in [0.5, 0.6) is 0 Å². The molecule has 0 saturated carbocycles. The van der Waals surface area contributed by atoms with Crippen molar-refractivity contribution in [1.29, 1.82) is 0 Å². The fourth-order valence-electron chi connectivity index (χ4n) is 5.35. The van der Waals surface area contributed by atoms with Crippen LogP contribution in [-0.4, -0.2) is 78.8 Å². The zero-order valence-electron chi connectivity index (χ0n) is 25.1. The van der Waals surface area contributed by atoms with Crippen LogP contribution in [-0.2, 0) is 30.5 Å². The number of aliphatic hydroxyl groups is 2. The Balaban J connectivity index is 1.79. The van der Waals surface area contributed by atoms with Crippen LogP contribution in [0.2, 0.25) is 0 Å². The molecule has 0 bridgehead atoms. The highest BCUT2D eigenvalue weighted by Gasteiger charge is 2.53. The van der Waals surface area contributed by atoms with Crippen molar-refractivity contribution in [2.75, 3.05) is 6.61 Å². The lowest BCUT2D eigenvalue weighted by atomic mass is 9.73. The molecular weight excluding hydrogens is 516 g/mol. The van der Waals surface area contributed by atoms with E-state index in [1.807, 2.05) is 20.8 Å². The van der Waals surface area contributed by atoms with Gasteiger partial charge in [0.25, 0.3) is 0 Å². The minimum atomic E-state index is -1.27. The first kappa shape index (κ1) is 32.3. The van der Waals surface area contributed by atoms with Gasteiger partial charge in [-0.3, -0.25) is 9.59 Å². The molecule has 2 aliphatic heterocycles. The van der Waals surface area contributed by atoms with Crippen LogP contribution in [0.15, 0.2) is 5.57 Å². The Morgan fingerprint density at radius 3 is 2.65 bits per heavy atom. The van der Waals surface area contributed by atoms with Crippen molar-refractivity contribution in [3.8, 4) is 0 Å². The maximum absolute atomic E-state index is 13.3. The molecule has 1 aromatic rings. The van der Waals surface area contributed by atoms with Gasteiger partial charge in [-0.2, -0.15) is 0 Å². The van der Waals surface area contributed by atoms with Gasteiger partial charge >= 0.3 is 5.97 Å². The summed E-state index contributed by atoms with van der Waals surface area (Å²) in [5.41, 5.74) is -0.877. The molecular formula is C29H48N4O7. The van der Waals surface area contributed by atoms with Crippen molar-refractivity contribution < 1.29 is 34.0 Å². The molecule has 1 aromatic heterocycles. The molecule has 2 fully saturated rings. The molecule has 11 nitrogen and oxygen atoms in total. The Bertz CT molecular complexity index is 1040. The van der Waals surface area contributed by atoms with Crippen molar-refractivity contribution in [2.24, 2.45) is 17.3 Å². The molecule has 7 atom stereocenters. The third-order valence-electron chi connectivity index (χ3n) is 8.59. The van der Waals surface area contributed by atoms with Crippen molar-refractivity contribution in [2.45, 2.75) is 130 Å². The monoisotopic (exact) mass is 564 g/mol. The summed E-state index contributed by atoms with van der Waals surface area (Å²) < 4.78 is 17.5.